The molecule has 2 rings (SSSR count). The van der Waals surface area contributed by atoms with Crippen LogP contribution in [0.3, 0.4) is 0 Å². The van der Waals surface area contributed by atoms with Gasteiger partial charge in [-0.05, 0) is 14.0 Å². The molecular formula is C12H22N4OS. The number of thioether (sulfide) groups is 1. The van der Waals surface area contributed by atoms with Gasteiger partial charge in [-0.1, -0.05) is 0 Å². The van der Waals surface area contributed by atoms with E-state index in [1.54, 1.807) is 13.3 Å². The Morgan fingerprint density at radius 2 is 2.44 bits per heavy atom. The maximum Gasteiger partial charge on any atom is 0.161 e. The molecular weight excluding hydrogens is 248 g/mol. The number of aromatic nitrogens is 2. The first-order valence-electron chi connectivity index (χ1n) is 6.32. The highest BCUT2D eigenvalue weighted by Gasteiger charge is 2.30. The molecule has 102 valence electrons. The summed E-state index contributed by atoms with van der Waals surface area (Å²) in [6, 6.07) is 0.292. The fourth-order valence-electron chi connectivity index (χ4n) is 2.39. The zero-order valence-corrected chi connectivity index (χ0v) is 12.1. The lowest BCUT2D eigenvalue weighted by Gasteiger charge is -2.36. The summed E-state index contributed by atoms with van der Waals surface area (Å²) < 4.78 is 7.33. The molecule has 5 nitrogen and oxygen atoms in total. The van der Waals surface area contributed by atoms with Crippen LogP contribution in [-0.4, -0.2) is 52.9 Å². The largest absolute Gasteiger partial charge is 0.493 e. The molecule has 1 aromatic rings. The smallest absolute Gasteiger partial charge is 0.161 e. The van der Waals surface area contributed by atoms with Crippen molar-refractivity contribution in [1.82, 2.24) is 14.7 Å². The second-order valence-corrected chi connectivity index (χ2v) is 5.71. The molecule has 2 unspecified atom stereocenters. The van der Waals surface area contributed by atoms with Crippen molar-refractivity contribution < 1.29 is 4.74 Å². The first kappa shape index (κ1) is 13.7. The molecule has 1 fully saturated rings. The minimum absolute atomic E-state index is 0.0554. The summed E-state index contributed by atoms with van der Waals surface area (Å²) in [5.74, 6) is 3.05. The van der Waals surface area contributed by atoms with Gasteiger partial charge in [-0.3, -0.25) is 9.58 Å². The van der Waals surface area contributed by atoms with Gasteiger partial charge in [0.2, 0.25) is 0 Å². The molecule has 0 bridgehead atoms. The van der Waals surface area contributed by atoms with Crippen LogP contribution in [-0.2, 0) is 6.54 Å². The highest BCUT2D eigenvalue weighted by molar-refractivity contribution is 7.99. The van der Waals surface area contributed by atoms with Gasteiger partial charge in [-0.2, -0.15) is 16.9 Å². The van der Waals surface area contributed by atoms with Gasteiger partial charge in [-0.25, -0.2) is 0 Å². The van der Waals surface area contributed by atoms with E-state index < -0.39 is 0 Å². The lowest BCUT2D eigenvalue weighted by atomic mass is 10.1. The van der Waals surface area contributed by atoms with Gasteiger partial charge >= 0.3 is 0 Å². The van der Waals surface area contributed by atoms with Crippen LogP contribution in [0, 0.1) is 0 Å². The molecule has 0 aliphatic carbocycles. The Morgan fingerprint density at radius 3 is 3.06 bits per heavy atom. The first-order chi connectivity index (χ1) is 8.69. The topological polar surface area (TPSA) is 56.3 Å². The van der Waals surface area contributed by atoms with E-state index in [2.05, 4.69) is 24.0 Å². The van der Waals surface area contributed by atoms with E-state index in [-0.39, 0.29) is 6.04 Å². The minimum Gasteiger partial charge on any atom is -0.493 e. The van der Waals surface area contributed by atoms with Crippen molar-refractivity contribution in [3.63, 3.8) is 0 Å². The quantitative estimate of drug-likeness (QED) is 0.883. The van der Waals surface area contributed by atoms with Crippen molar-refractivity contribution in [2.45, 2.75) is 25.6 Å². The fourth-order valence-corrected chi connectivity index (χ4v) is 3.68. The first-order valence-corrected chi connectivity index (χ1v) is 7.47. The second-order valence-electron chi connectivity index (χ2n) is 4.56. The van der Waals surface area contributed by atoms with Crippen LogP contribution in [0.4, 0.5) is 0 Å². The monoisotopic (exact) mass is 270 g/mol. The molecule has 2 atom stereocenters. The molecule has 2 N–H and O–H groups in total. The van der Waals surface area contributed by atoms with E-state index in [0.717, 1.165) is 30.3 Å². The molecule has 0 amide bonds. The molecule has 1 saturated heterocycles. The molecule has 1 aliphatic rings. The van der Waals surface area contributed by atoms with E-state index in [9.17, 15) is 0 Å². The van der Waals surface area contributed by atoms with E-state index in [0.29, 0.717) is 6.04 Å². The number of ether oxygens (including phenoxy) is 1. The van der Waals surface area contributed by atoms with Gasteiger partial charge in [0.1, 0.15) is 0 Å². The lowest BCUT2D eigenvalue weighted by Crippen LogP contribution is -2.46. The Hall–Kier alpha value is -0.720. The van der Waals surface area contributed by atoms with Crippen molar-refractivity contribution in [2.75, 3.05) is 32.2 Å². The van der Waals surface area contributed by atoms with Crippen molar-refractivity contribution in [3.8, 4) is 5.75 Å². The highest BCUT2D eigenvalue weighted by Crippen LogP contribution is 2.30. The Morgan fingerprint density at radius 1 is 1.67 bits per heavy atom. The van der Waals surface area contributed by atoms with Gasteiger partial charge < -0.3 is 10.5 Å². The number of methoxy groups -OCH3 is 1. The lowest BCUT2D eigenvalue weighted by molar-refractivity contribution is 0.229. The second kappa shape index (κ2) is 5.95. The predicted molar refractivity (Wildman–Crippen MR) is 75.1 cm³/mol. The summed E-state index contributed by atoms with van der Waals surface area (Å²) in [6.45, 7) is 3.98. The third kappa shape index (κ3) is 2.50. The normalized spacial score (nSPS) is 23.0. The van der Waals surface area contributed by atoms with Crippen molar-refractivity contribution in [1.29, 1.82) is 0 Å². The zero-order valence-electron chi connectivity index (χ0n) is 11.3. The summed E-state index contributed by atoms with van der Waals surface area (Å²) in [6.07, 6.45) is 1.76. The average Bonchev–Trinajstić information content (AvgIpc) is 2.81. The third-order valence-electron chi connectivity index (χ3n) is 3.54. The van der Waals surface area contributed by atoms with Gasteiger partial charge in [0, 0.05) is 30.6 Å². The maximum absolute atomic E-state index is 6.46. The summed E-state index contributed by atoms with van der Waals surface area (Å²) in [5.41, 5.74) is 7.47. The molecule has 6 heteroatoms. The molecule has 2 heterocycles. The number of rotatable bonds is 4. The Labute approximate surface area is 113 Å². The van der Waals surface area contributed by atoms with Crippen molar-refractivity contribution >= 4 is 11.8 Å². The molecule has 18 heavy (non-hydrogen) atoms. The number of likely N-dealkylation sites (N-methyl/N-ethyl adjacent to an activating group) is 1. The molecule has 1 aliphatic heterocycles. The van der Waals surface area contributed by atoms with Crippen LogP contribution in [0.2, 0.25) is 0 Å². The predicted octanol–water partition coefficient (Wildman–Crippen LogP) is 0.959. The SMILES string of the molecule is CCn1ncc(OC)c1C(N)C1CSCCN1C. The number of nitrogens with two attached hydrogens (primary N) is 1. The molecule has 0 radical (unpaired) electrons. The number of hydrogen-bond donors (Lipinski definition) is 1. The van der Waals surface area contributed by atoms with E-state index in [1.165, 1.54) is 5.75 Å². The highest BCUT2D eigenvalue weighted by atomic mass is 32.2. The molecule has 1 aromatic heterocycles. The van der Waals surface area contributed by atoms with Gasteiger partial charge in [0.05, 0.1) is 25.0 Å². The molecule has 0 saturated carbocycles. The van der Waals surface area contributed by atoms with Crippen molar-refractivity contribution in [2.24, 2.45) is 5.73 Å². The van der Waals surface area contributed by atoms with Crippen molar-refractivity contribution in [3.05, 3.63) is 11.9 Å². The van der Waals surface area contributed by atoms with Crippen LogP contribution in [0.5, 0.6) is 5.75 Å². The van der Waals surface area contributed by atoms with E-state index in [4.69, 9.17) is 10.5 Å². The number of nitrogens with zero attached hydrogens (tertiary/aromatic N) is 3. The van der Waals surface area contributed by atoms with Crippen LogP contribution in [0.25, 0.3) is 0 Å². The Bertz CT molecular complexity index is 374. The minimum atomic E-state index is -0.0554. The van der Waals surface area contributed by atoms with Gasteiger partial charge in [0.15, 0.2) is 5.75 Å². The van der Waals surface area contributed by atoms with Crippen LogP contribution < -0.4 is 10.5 Å². The molecule has 0 aromatic carbocycles. The Balaban J connectivity index is 2.26. The van der Waals surface area contributed by atoms with Crippen LogP contribution in [0.1, 0.15) is 18.7 Å². The van der Waals surface area contributed by atoms with Gasteiger partial charge in [-0.15, -0.1) is 0 Å². The number of hydrogen-bond acceptors (Lipinski definition) is 5. The molecule has 0 spiro atoms. The van der Waals surface area contributed by atoms with Crippen LogP contribution >= 0.6 is 11.8 Å². The maximum atomic E-state index is 6.46. The fraction of sp³-hybridized carbons (Fsp3) is 0.750. The third-order valence-corrected chi connectivity index (χ3v) is 4.59. The van der Waals surface area contributed by atoms with Crippen LogP contribution in [0.15, 0.2) is 6.20 Å². The average molecular weight is 270 g/mol. The van der Waals surface area contributed by atoms with E-state index in [1.807, 2.05) is 16.4 Å². The summed E-state index contributed by atoms with van der Waals surface area (Å²) in [5, 5.41) is 4.33. The summed E-state index contributed by atoms with van der Waals surface area (Å²) in [7, 11) is 3.82. The number of aryl methyl sites for hydroxylation is 1. The standard InChI is InChI=1S/C12H22N4OS/c1-4-16-12(10(17-3)7-14-16)11(13)9-8-18-6-5-15(9)2/h7,9,11H,4-6,8,13H2,1-3H3. The van der Waals surface area contributed by atoms with E-state index >= 15 is 0 Å². The zero-order chi connectivity index (χ0) is 13.1. The summed E-state index contributed by atoms with van der Waals surface area (Å²) in [4.78, 5) is 2.34. The van der Waals surface area contributed by atoms with Gasteiger partial charge in [0.25, 0.3) is 0 Å². The Kier molecular flexibility index (Phi) is 4.53. The summed E-state index contributed by atoms with van der Waals surface area (Å²) >= 11 is 1.97.